The maximum absolute atomic E-state index is 6.80. The minimum atomic E-state index is 0.549. The molecule has 12 heteroatoms. The molecule has 3 aromatic heterocycles. The van der Waals surface area contributed by atoms with Crippen LogP contribution in [0.15, 0.2) is 84.9 Å². The van der Waals surface area contributed by atoms with Gasteiger partial charge in [0.25, 0.3) is 0 Å². The first-order valence-corrected chi connectivity index (χ1v) is 22.6. The van der Waals surface area contributed by atoms with Crippen molar-refractivity contribution >= 4 is 44.1 Å². The molecule has 7 heterocycles. The summed E-state index contributed by atoms with van der Waals surface area (Å²) < 4.78 is 15.8. The van der Waals surface area contributed by atoms with Crippen molar-refractivity contribution in [2.24, 2.45) is 0 Å². The number of nitrogens with zero attached hydrogens (tertiary/aromatic N) is 8. The second kappa shape index (κ2) is 15.9. The third-order valence-electron chi connectivity index (χ3n) is 13.6. The van der Waals surface area contributed by atoms with Gasteiger partial charge >= 0.3 is 0 Å². The monoisotopic (exact) mass is 826 g/mol. The first kappa shape index (κ1) is 38.7. The first-order valence-electron chi connectivity index (χ1n) is 22.6. The topological polar surface area (TPSA) is 127 Å². The highest BCUT2D eigenvalue weighted by Crippen LogP contribution is 2.41. The Balaban J connectivity index is 1.12. The standard InChI is InChI=1S/C50H54N10O2/c1-59(25-11-3-12-26-59)29-15-31-61-39-23-24-40(62-32-16-30-60(2)27-13-4-14-28-60)42-41(39)49-56-47-37-21-9-7-19-35(37)45(54-47)52-43-33-17-5-6-18-34(33)44(51-43)53-46-36-20-8-10-22-38(36)48(55-46)57-50(42)58-49/h5-10,17-24H,3-4,11-16,25-32H2,1-2H3,(H2,51,52,53,54,55,56,57,58)/q+2. The number of quaternary nitrogens is 2. The predicted octanol–water partition coefficient (Wildman–Crippen LogP) is 9.67. The SMILES string of the molecule is C[N+]1(CCCOc2ccc(OCCC[N+]3(C)CCCCC3)c3c4nc5[nH]c(nc6nc(nc7nc(nc([nH]4)c23)-c2ccccc2-7)-c2ccccc2-6)c2ccccc52)CCCCC1. The smallest absolute Gasteiger partial charge is 0.164 e. The summed E-state index contributed by atoms with van der Waals surface area (Å²) in [5.41, 5.74) is 6.14. The summed E-state index contributed by atoms with van der Waals surface area (Å²) in [5, 5.41) is 3.52. The molecule has 4 aliphatic rings. The number of likely N-dealkylation sites (tertiary alicyclic amines) is 2. The van der Waals surface area contributed by atoms with Gasteiger partial charge in [-0.2, -0.15) is 0 Å². The third-order valence-corrected chi connectivity index (χ3v) is 13.6. The summed E-state index contributed by atoms with van der Waals surface area (Å²) in [6.45, 7) is 8.29. The molecule has 12 nitrogen and oxygen atoms in total. The Kier molecular flexibility index (Phi) is 9.92. The van der Waals surface area contributed by atoms with Crippen LogP contribution in [0, 0.1) is 0 Å². The number of hydrogen-bond acceptors (Lipinski definition) is 8. The molecule has 7 aromatic rings. The molecule has 0 unspecified atom stereocenters. The summed E-state index contributed by atoms with van der Waals surface area (Å²) in [4.78, 5) is 38.5. The lowest BCUT2D eigenvalue weighted by Crippen LogP contribution is -2.48. The molecule has 314 valence electrons. The van der Waals surface area contributed by atoms with E-state index in [4.69, 9.17) is 39.4 Å². The fourth-order valence-electron chi connectivity index (χ4n) is 10.2. The zero-order valence-corrected chi connectivity index (χ0v) is 35.8. The molecular weight excluding hydrogens is 773 g/mol. The predicted molar refractivity (Wildman–Crippen MR) is 246 cm³/mol. The fourth-order valence-corrected chi connectivity index (χ4v) is 10.2. The van der Waals surface area contributed by atoms with Gasteiger partial charge in [0.2, 0.25) is 0 Å². The molecule has 0 atom stereocenters. The number of nitrogens with one attached hydrogen (secondary N) is 2. The van der Waals surface area contributed by atoms with E-state index in [1.54, 1.807) is 0 Å². The van der Waals surface area contributed by atoms with Gasteiger partial charge in [0, 0.05) is 45.9 Å². The highest BCUT2D eigenvalue weighted by atomic mass is 16.5. The minimum Gasteiger partial charge on any atom is -0.493 e. The normalized spacial score (nSPS) is 16.5. The summed E-state index contributed by atoms with van der Waals surface area (Å²) in [6.07, 6.45) is 9.76. The van der Waals surface area contributed by atoms with Crippen molar-refractivity contribution in [3.8, 4) is 57.1 Å². The van der Waals surface area contributed by atoms with E-state index < -0.39 is 0 Å². The molecule has 11 rings (SSSR count). The molecule has 0 aliphatic carbocycles. The third kappa shape index (κ3) is 7.24. The molecule has 0 saturated carbocycles. The molecule has 2 N–H and O–H groups in total. The lowest BCUT2D eigenvalue weighted by molar-refractivity contribution is -0.914. The molecule has 0 radical (unpaired) electrons. The van der Waals surface area contributed by atoms with Crippen molar-refractivity contribution in [1.82, 2.24) is 39.9 Å². The molecule has 0 spiro atoms. The van der Waals surface area contributed by atoms with Crippen molar-refractivity contribution < 1.29 is 18.4 Å². The van der Waals surface area contributed by atoms with Crippen molar-refractivity contribution in [1.29, 1.82) is 0 Å². The Labute approximate surface area is 361 Å². The van der Waals surface area contributed by atoms with Gasteiger partial charge in [0.1, 0.15) is 34.1 Å². The summed E-state index contributed by atoms with van der Waals surface area (Å²) in [6, 6.07) is 28.5. The number of benzene rings is 4. The van der Waals surface area contributed by atoms with E-state index >= 15 is 0 Å². The number of aromatic nitrogens is 8. The van der Waals surface area contributed by atoms with Crippen LogP contribution in [0.3, 0.4) is 0 Å². The van der Waals surface area contributed by atoms with Crippen LogP contribution >= 0.6 is 0 Å². The van der Waals surface area contributed by atoms with Gasteiger partial charge in [0.05, 0.1) is 77.4 Å². The van der Waals surface area contributed by atoms with E-state index in [1.807, 2.05) is 60.7 Å². The second-order valence-corrected chi connectivity index (χ2v) is 18.2. The summed E-state index contributed by atoms with van der Waals surface area (Å²) in [5.74, 6) is 3.71. The van der Waals surface area contributed by atoms with Gasteiger partial charge in [0.15, 0.2) is 23.3 Å². The van der Waals surface area contributed by atoms with E-state index in [1.165, 1.54) is 64.7 Å². The average Bonchev–Trinajstić information content (AvgIpc) is 4.04. The number of hydrogen-bond donors (Lipinski definition) is 2. The molecule has 0 amide bonds. The molecular formula is C50H54N10O2+2. The van der Waals surface area contributed by atoms with E-state index in [0.717, 1.165) is 90.2 Å². The van der Waals surface area contributed by atoms with Crippen LogP contribution in [0.4, 0.5) is 0 Å². The average molecular weight is 827 g/mol. The Morgan fingerprint density at radius 2 is 0.806 bits per heavy atom. The van der Waals surface area contributed by atoms with Gasteiger partial charge in [-0.25, -0.2) is 29.9 Å². The highest BCUT2D eigenvalue weighted by Gasteiger charge is 2.27. The lowest BCUT2D eigenvalue weighted by atomic mass is 10.1. The van der Waals surface area contributed by atoms with Crippen LogP contribution in [-0.4, -0.2) is 115 Å². The Morgan fingerprint density at radius 3 is 1.27 bits per heavy atom. The molecule has 62 heavy (non-hydrogen) atoms. The fraction of sp³-hybridized carbons (Fsp3) is 0.360. The second-order valence-electron chi connectivity index (χ2n) is 18.2. The maximum atomic E-state index is 6.80. The summed E-state index contributed by atoms with van der Waals surface area (Å²) in [7, 11) is 4.79. The molecule has 4 aromatic carbocycles. The number of fused-ring (bicyclic) bond motifs is 20. The first-order chi connectivity index (χ1) is 30.4. The molecule has 2 saturated heterocycles. The molecule has 4 aliphatic heterocycles. The van der Waals surface area contributed by atoms with Crippen molar-refractivity contribution in [3.63, 3.8) is 0 Å². The van der Waals surface area contributed by atoms with Crippen molar-refractivity contribution in [2.45, 2.75) is 51.4 Å². The van der Waals surface area contributed by atoms with Crippen molar-refractivity contribution in [3.05, 3.63) is 84.9 Å². The lowest BCUT2D eigenvalue weighted by Gasteiger charge is -2.37. The minimum absolute atomic E-state index is 0.549. The van der Waals surface area contributed by atoms with Crippen LogP contribution in [0.5, 0.6) is 11.5 Å². The number of ether oxygens (including phenoxy) is 2. The van der Waals surface area contributed by atoms with Gasteiger partial charge in [-0.15, -0.1) is 0 Å². The summed E-state index contributed by atoms with van der Waals surface area (Å²) >= 11 is 0. The van der Waals surface area contributed by atoms with E-state index in [9.17, 15) is 0 Å². The number of H-pyrrole nitrogens is 2. The van der Waals surface area contributed by atoms with E-state index in [0.29, 0.717) is 59.1 Å². The maximum Gasteiger partial charge on any atom is 0.164 e. The number of rotatable bonds is 10. The quantitative estimate of drug-likeness (QED) is 0.103. The van der Waals surface area contributed by atoms with E-state index in [2.05, 4.69) is 48.3 Å². The zero-order valence-electron chi connectivity index (χ0n) is 35.8. The largest absolute Gasteiger partial charge is 0.493 e. The number of piperidine rings is 2. The molecule has 8 bridgehead atoms. The van der Waals surface area contributed by atoms with Crippen LogP contribution in [0.2, 0.25) is 0 Å². The van der Waals surface area contributed by atoms with Gasteiger partial charge in [-0.05, 0) is 50.7 Å². The van der Waals surface area contributed by atoms with Crippen LogP contribution in [-0.2, 0) is 0 Å². The van der Waals surface area contributed by atoms with Gasteiger partial charge in [-0.1, -0.05) is 72.8 Å². The number of aromatic amines is 2. The Bertz CT molecular complexity index is 3000. The van der Waals surface area contributed by atoms with Crippen LogP contribution < -0.4 is 9.47 Å². The van der Waals surface area contributed by atoms with Gasteiger partial charge < -0.3 is 28.4 Å². The molecule has 2 fully saturated rings. The van der Waals surface area contributed by atoms with Crippen LogP contribution in [0.25, 0.3) is 89.7 Å². The van der Waals surface area contributed by atoms with Crippen molar-refractivity contribution in [2.75, 3.05) is 66.6 Å². The van der Waals surface area contributed by atoms with E-state index in [-0.39, 0.29) is 0 Å². The van der Waals surface area contributed by atoms with Gasteiger partial charge in [-0.3, -0.25) is 0 Å². The Hall–Kier alpha value is -6.24. The van der Waals surface area contributed by atoms with Crippen LogP contribution in [0.1, 0.15) is 51.4 Å². The highest BCUT2D eigenvalue weighted by molar-refractivity contribution is 6.12. The zero-order chi connectivity index (χ0) is 41.7. The Morgan fingerprint density at radius 1 is 0.435 bits per heavy atom.